The molecule has 0 saturated carbocycles. The second-order valence-corrected chi connectivity index (χ2v) is 6.49. The van der Waals surface area contributed by atoms with Gasteiger partial charge in [0.05, 0.1) is 48.8 Å². The molecule has 0 fully saturated rings. The number of rotatable bonds is 13. The second-order valence-electron chi connectivity index (χ2n) is 6.49. The van der Waals surface area contributed by atoms with Gasteiger partial charge in [-0.05, 0) is 6.07 Å². The van der Waals surface area contributed by atoms with Crippen LogP contribution in [0.2, 0.25) is 0 Å². The van der Waals surface area contributed by atoms with E-state index in [9.17, 15) is 47.0 Å². The highest BCUT2D eigenvalue weighted by molar-refractivity contribution is 5.72. The number of nitro groups is 2. The first kappa shape index (κ1) is 27.3. The zero-order valence-corrected chi connectivity index (χ0v) is 17.5. The van der Waals surface area contributed by atoms with Gasteiger partial charge in [-0.25, -0.2) is 13.2 Å². The van der Waals surface area contributed by atoms with E-state index in [1.54, 1.807) is 0 Å². The number of non-ortho nitro benzene ring substituents is 1. The summed E-state index contributed by atoms with van der Waals surface area (Å²) >= 11 is 0. The van der Waals surface area contributed by atoms with Gasteiger partial charge in [0.2, 0.25) is 34.8 Å². The molecule has 0 atom stereocenters. The number of nitro benzene ring substituents is 2. The molecule has 0 amide bonds. The molecule has 2 aromatic rings. The van der Waals surface area contributed by atoms with Crippen LogP contribution in [0.15, 0.2) is 18.2 Å². The summed E-state index contributed by atoms with van der Waals surface area (Å²) in [4.78, 5) is 31.8. The Balaban J connectivity index is 1.66. The Bertz CT molecular complexity index is 1090. The molecule has 0 spiro atoms. The molecule has 0 radical (unpaired) electrons. The van der Waals surface area contributed by atoms with Gasteiger partial charge >= 0.3 is 5.97 Å². The molecular formula is C19H16F5N3O8. The first-order valence-electron chi connectivity index (χ1n) is 9.58. The van der Waals surface area contributed by atoms with Crippen molar-refractivity contribution in [2.24, 2.45) is 0 Å². The molecule has 11 nitrogen and oxygen atoms in total. The molecule has 0 aliphatic rings. The highest BCUT2D eigenvalue weighted by Gasteiger charge is 2.28. The Morgan fingerprint density at radius 2 is 1.40 bits per heavy atom. The summed E-state index contributed by atoms with van der Waals surface area (Å²) in [6, 6.07) is 3.10. The second kappa shape index (κ2) is 12.5. The molecule has 0 saturated heterocycles. The lowest BCUT2D eigenvalue weighted by Crippen LogP contribution is -2.17. The van der Waals surface area contributed by atoms with Crippen molar-refractivity contribution in [3.05, 3.63) is 67.5 Å². The van der Waals surface area contributed by atoms with E-state index in [0.717, 1.165) is 12.1 Å². The number of hydrogen-bond acceptors (Lipinski definition) is 9. The van der Waals surface area contributed by atoms with Gasteiger partial charge in [0.15, 0.2) is 0 Å². The minimum absolute atomic E-state index is 0.0106. The van der Waals surface area contributed by atoms with E-state index in [-0.39, 0.29) is 38.7 Å². The average Bonchev–Trinajstić information content (AvgIpc) is 2.82. The normalized spacial score (nSPS) is 10.8. The van der Waals surface area contributed by atoms with Crippen LogP contribution < -0.4 is 10.1 Å². The Kier molecular flexibility index (Phi) is 9.77. The van der Waals surface area contributed by atoms with Crippen molar-refractivity contribution in [3.8, 4) is 5.75 Å². The fourth-order valence-electron chi connectivity index (χ4n) is 2.51. The molecule has 0 heterocycles. The number of ether oxygens (including phenoxy) is 3. The van der Waals surface area contributed by atoms with Crippen molar-refractivity contribution in [2.45, 2.75) is 6.42 Å². The third-order valence-corrected chi connectivity index (χ3v) is 4.16. The number of benzene rings is 2. The maximum Gasteiger partial charge on any atom is 0.313 e. The van der Waals surface area contributed by atoms with Crippen LogP contribution in [0, 0.1) is 49.3 Å². The van der Waals surface area contributed by atoms with Gasteiger partial charge in [-0.3, -0.25) is 25.0 Å². The van der Waals surface area contributed by atoms with Gasteiger partial charge in [0.25, 0.3) is 11.4 Å². The molecule has 2 rings (SSSR count). The van der Waals surface area contributed by atoms with Crippen LogP contribution in [-0.4, -0.2) is 48.8 Å². The van der Waals surface area contributed by atoms with E-state index in [1.165, 1.54) is 6.07 Å². The molecule has 0 bridgehead atoms. The summed E-state index contributed by atoms with van der Waals surface area (Å²) in [5.41, 5.74) is -0.875. The fourth-order valence-corrected chi connectivity index (χ4v) is 2.51. The van der Waals surface area contributed by atoms with E-state index in [2.05, 4.69) is 10.1 Å². The number of nitrogens with one attached hydrogen (secondary N) is 1. The van der Waals surface area contributed by atoms with Crippen LogP contribution in [0.5, 0.6) is 5.75 Å². The molecule has 1 N–H and O–H groups in total. The lowest BCUT2D eigenvalue weighted by atomic mass is 10.2. The van der Waals surface area contributed by atoms with Gasteiger partial charge in [-0.2, -0.15) is 8.78 Å². The predicted molar refractivity (Wildman–Crippen MR) is 106 cm³/mol. The van der Waals surface area contributed by atoms with Gasteiger partial charge < -0.3 is 19.5 Å². The lowest BCUT2D eigenvalue weighted by molar-refractivity contribution is -0.393. The number of hydrogen-bond donors (Lipinski definition) is 1. The molecule has 0 aliphatic carbocycles. The van der Waals surface area contributed by atoms with Gasteiger partial charge in [-0.15, -0.1) is 0 Å². The SMILES string of the molecule is O=C(CCOCCOCCNc1ccc([N+](=O)[O-])cc1[N+](=O)[O-])Oc1c(F)c(F)c(F)c(F)c1F. The largest absolute Gasteiger partial charge is 0.420 e. The van der Waals surface area contributed by atoms with Crippen LogP contribution in [0.1, 0.15) is 6.42 Å². The van der Waals surface area contributed by atoms with Gasteiger partial charge in [0.1, 0.15) is 5.69 Å². The predicted octanol–water partition coefficient (Wildman–Crippen LogP) is 3.64. The Morgan fingerprint density at radius 1 is 0.829 bits per heavy atom. The Morgan fingerprint density at radius 3 is 1.97 bits per heavy atom. The third-order valence-electron chi connectivity index (χ3n) is 4.16. The summed E-state index contributed by atoms with van der Waals surface area (Å²) < 4.78 is 80.5. The van der Waals surface area contributed by atoms with E-state index in [1.807, 2.05) is 0 Å². The first-order valence-corrected chi connectivity index (χ1v) is 9.58. The van der Waals surface area contributed by atoms with Crippen molar-refractivity contribution < 1.29 is 50.8 Å². The highest BCUT2D eigenvalue weighted by Crippen LogP contribution is 2.30. The van der Waals surface area contributed by atoms with Crippen LogP contribution >= 0.6 is 0 Å². The number of anilines is 1. The maximum atomic E-state index is 13.5. The van der Waals surface area contributed by atoms with Crippen LogP contribution in [0.3, 0.4) is 0 Å². The zero-order chi connectivity index (χ0) is 26.1. The van der Waals surface area contributed by atoms with E-state index < -0.39 is 68.4 Å². The van der Waals surface area contributed by atoms with Crippen LogP contribution in [0.25, 0.3) is 0 Å². The standard InChI is InChI=1S/C19H16F5N3O8/c20-14-15(21)17(23)19(18(24)16(14)22)35-13(28)3-5-33-7-8-34-6-4-25-11-2-1-10(26(29)30)9-12(11)27(31)32/h1-2,9,25H,3-8H2. The minimum Gasteiger partial charge on any atom is -0.420 e. The summed E-state index contributed by atoms with van der Waals surface area (Å²) in [6.07, 6.45) is -0.565. The number of halogens is 5. The summed E-state index contributed by atoms with van der Waals surface area (Å²) in [5.74, 6) is -14.5. The smallest absolute Gasteiger partial charge is 0.313 e. The Labute approximate surface area is 192 Å². The van der Waals surface area contributed by atoms with Crippen molar-refractivity contribution in [1.82, 2.24) is 0 Å². The lowest BCUT2D eigenvalue weighted by Gasteiger charge is -2.09. The monoisotopic (exact) mass is 509 g/mol. The molecule has 0 aliphatic heterocycles. The van der Waals surface area contributed by atoms with Crippen molar-refractivity contribution in [2.75, 3.05) is 38.3 Å². The van der Waals surface area contributed by atoms with Crippen LogP contribution in [0.4, 0.5) is 39.0 Å². The van der Waals surface area contributed by atoms with Gasteiger partial charge in [-0.1, -0.05) is 0 Å². The minimum atomic E-state index is -2.38. The van der Waals surface area contributed by atoms with E-state index in [0.29, 0.717) is 0 Å². The Hall–Kier alpha value is -3.92. The first-order chi connectivity index (χ1) is 16.5. The number of nitrogens with zero attached hydrogens (tertiary/aromatic N) is 2. The van der Waals surface area contributed by atoms with E-state index in [4.69, 9.17) is 9.47 Å². The fraction of sp³-hybridized carbons (Fsp3) is 0.316. The number of carbonyl (C=O) groups excluding carboxylic acids is 1. The molecular weight excluding hydrogens is 493 g/mol. The van der Waals surface area contributed by atoms with Gasteiger partial charge in [0, 0.05) is 12.6 Å². The molecule has 190 valence electrons. The van der Waals surface area contributed by atoms with Crippen molar-refractivity contribution in [3.63, 3.8) is 0 Å². The van der Waals surface area contributed by atoms with E-state index >= 15 is 0 Å². The summed E-state index contributed by atoms with van der Waals surface area (Å²) in [5, 5.41) is 24.4. The summed E-state index contributed by atoms with van der Waals surface area (Å²) in [7, 11) is 0. The molecule has 2 aromatic carbocycles. The average molecular weight is 509 g/mol. The molecule has 0 unspecified atom stereocenters. The number of carbonyl (C=O) groups is 1. The zero-order valence-electron chi connectivity index (χ0n) is 17.5. The number of esters is 1. The quantitative estimate of drug-likeness (QED) is 0.0626. The summed E-state index contributed by atoms with van der Waals surface area (Å²) in [6.45, 7) is -0.193. The molecule has 16 heteroatoms. The van der Waals surface area contributed by atoms with Crippen molar-refractivity contribution in [1.29, 1.82) is 0 Å². The topological polar surface area (TPSA) is 143 Å². The van der Waals surface area contributed by atoms with Crippen molar-refractivity contribution >= 4 is 23.0 Å². The van der Waals surface area contributed by atoms with Crippen LogP contribution in [-0.2, 0) is 14.3 Å². The molecule has 0 aromatic heterocycles. The maximum absolute atomic E-state index is 13.5. The highest BCUT2D eigenvalue weighted by atomic mass is 19.2. The third kappa shape index (κ3) is 7.28. The molecule has 35 heavy (non-hydrogen) atoms.